The molecule has 1 heterocycles. The maximum Gasteiger partial charge on any atom is 0.191 e. The lowest BCUT2D eigenvalue weighted by atomic mass is 11.2. The first-order valence-corrected chi connectivity index (χ1v) is 6.89. The van der Waals surface area contributed by atoms with Gasteiger partial charge in [0.15, 0.2) is 23.0 Å². The fraction of sp³-hybridized carbons (Fsp3) is 0. The van der Waals surface area contributed by atoms with Crippen LogP contribution < -0.4 is 9.47 Å². The van der Waals surface area contributed by atoms with E-state index in [-0.39, 0.29) is 31.6 Å². The molecule has 0 amide bonds. The number of benzene rings is 2. The van der Waals surface area contributed by atoms with Gasteiger partial charge in [-0.1, -0.05) is 58.0 Å². The molecule has 0 N–H and O–H groups in total. The lowest BCUT2D eigenvalue weighted by molar-refractivity contribution is 0.360. The first kappa shape index (κ1) is 13.5. The molecule has 1 aliphatic rings. The minimum Gasteiger partial charge on any atom is -0.448 e. The number of ether oxygens (including phenoxy) is 2. The van der Waals surface area contributed by atoms with Crippen molar-refractivity contribution >= 4 is 58.0 Å². The highest BCUT2D eigenvalue weighted by molar-refractivity contribution is 6.53. The highest BCUT2D eigenvalue weighted by Crippen LogP contribution is 2.56. The molecule has 98 valence electrons. The molecule has 1 aliphatic heterocycles. The molecule has 0 atom stereocenters. The number of hydrogen-bond donors (Lipinski definition) is 0. The van der Waals surface area contributed by atoms with Crippen molar-refractivity contribution in [3.05, 3.63) is 43.3 Å². The van der Waals surface area contributed by atoms with E-state index in [2.05, 4.69) is 0 Å². The van der Waals surface area contributed by atoms with Crippen LogP contribution in [0.1, 0.15) is 0 Å². The van der Waals surface area contributed by atoms with E-state index in [1.807, 2.05) is 0 Å². The van der Waals surface area contributed by atoms with Gasteiger partial charge in [-0.25, -0.2) is 0 Å². The van der Waals surface area contributed by atoms with Crippen LogP contribution in [-0.4, -0.2) is 0 Å². The first-order valence-electron chi connectivity index (χ1n) is 5.00. The zero-order chi connectivity index (χ0) is 13.7. The van der Waals surface area contributed by atoms with Crippen molar-refractivity contribution < 1.29 is 9.47 Å². The van der Waals surface area contributed by atoms with Gasteiger partial charge in [0.05, 0.1) is 10.0 Å². The fourth-order valence-corrected chi connectivity index (χ4v) is 2.70. The van der Waals surface area contributed by atoms with Crippen molar-refractivity contribution in [1.82, 2.24) is 0 Å². The molecule has 0 bridgehead atoms. The van der Waals surface area contributed by atoms with Crippen LogP contribution in [0.15, 0.2) is 18.2 Å². The second kappa shape index (κ2) is 4.80. The highest BCUT2D eigenvalue weighted by Gasteiger charge is 2.28. The van der Waals surface area contributed by atoms with E-state index in [0.29, 0.717) is 16.5 Å². The molecule has 0 radical (unpaired) electrons. The summed E-state index contributed by atoms with van der Waals surface area (Å²) in [5, 5.41) is 1.02. The third-order valence-electron chi connectivity index (χ3n) is 2.51. The van der Waals surface area contributed by atoms with E-state index in [1.54, 1.807) is 18.2 Å². The summed E-state index contributed by atoms with van der Waals surface area (Å²) >= 11 is 30.0. The summed E-state index contributed by atoms with van der Waals surface area (Å²) < 4.78 is 11.3. The number of hydrogen-bond acceptors (Lipinski definition) is 2. The molecule has 0 unspecified atom stereocenters. The van der Waals surface area contributed by atoms with Crippen molar-refractivity contribution in [2.24, 2.45) is 0 Å². The minimum atomic E-state index is 0.112. The van der Waals surface area contributed by atoms with Gasteiger partial charge in [-0.3, -0.25) is 0 Å². The Morgan fingerprint density at radius 3 is 1.74 bits per heavy atom. The van der Waals surface area contributed by atoms with E-state index in [0.717, 1.165) is 0 Å². The Morgan fingerprint density at radius 1 is 0.632 bits per heavy atom. The molecule has 0 saturated heterocycles. The Morgan fingerprint density at radius 2 is 1.16 bits per heavy atom. The third kappa shape index (κ3) is 2.12. The van der Waals surface area contributed by atoms with Gasteiger partial charge in [0.1, 0.15) is 10.0 Å². The molecular weight excluding hydrogens is 365 g/mol. The van der Waals surface area contributed by atoms with Gasteiger partial charge in [0.2, 0.25) is 0 Å². The molecule has 0 saturated carbocycles. The van der Waals surface area contributed by atoms with Gasteiger partial charge in [0.25, 0.3) is 0 Å². The van der Waals surface area contributed by atoms with E-state index >= 15 is 0 Å². The maximum atomic E-state index is 6.08. The largest absolute Gasteiger partial charge is 0.448 e. The fourth-order valence-electron chi connectivity index (χ4n) is 1.64. The third-order valence-corrected chi connectivity index (χ3v) is 4.52. The second-order valence-corrected chi connectivity index (χ2v) is 5.66. The van der Waals surface area contributed by atoms with E-state index in [4.69, 9.17) is 67.5 Å². The maximum absolute atomic E-state index is 6.08. The van der Waals surface area contributed by atoms with Crippen LogP contribution in [0.25, 0.3) is 0 Å². The Bertz CT molecular complexity index is 699. The van der Waals surface area contributed by atoms with Crippen molar-refractivity contribution in [2.45, 2.75) is 0 Å². The monoisotopic (exact) mass is 366 g/mol. The summed E-state index contributed by atoms with van der Waals surface area (Å²) in [6.07, 6.45) is 0. The molecule has 2 aromatic rings. The summed E-state index contributed by atoms with van der Waals surface area (Å²) in [5.41, 5.74) is 0. The van der Waals surface area contributed by atoms with Crippen LogP contribution in [0.2, 0.25) is 25.1 Å². The van der Waals surface area contributed by atoms with E-state index in [9.17, 15) is 0 Å². The molecule has 7 heteroatoms. The Balaban J connectivity index is 2.23. The molecule has 0 aromatic heterocycles. The lowest BCUT2D eigenvalue weighted by Crippen LogP contribution is -2.01. The molecular formula is C12H3Cl5O2. The van der Waals surface area contributed by atoms with Crippen LogP contribution in [0.3, 0.4) is 0 Å². The molecule has 0 aliphatic carbocycles. The standard InChI is InChI=1S/C12H3Cl5O2/c13-4-1-2-5-6(3-4)19-12-10(17)8(15)7(14)9(16)11(12)18-5/h1-3H/i1+1,2+1,3+1,4+1,5+1,6+1,7+1,8+1,9+1,10+1,11+1,12+1. The summed E-state index contributed by atoms with van der Waals surface area (Å²) in [4.78, 5) is 0. The Hall–Kier alpha value is -0.510. The zero-order valence-electron chi connectivity index (χ0n) is 8.94. The predicted molar refractivity (Wildman–Crippen MR) is 78.1 cm³/mol. The van der Waals surface area contributed by atoms with E-state index in [1.165, 1.54) is 0 Å². The average Bonchev–Trinajstić information content (AvgIpc) is 2.41. The SMILES string of the molecule is Cl[13c]1[13cH][13cH][13c]2[13c]([13cH]1)O[13c]1[13c](Cl)[13c](Cl)[13c](Cl)[13c](Cl)[13c]1O2. The van der Waals surface area contributed by atoms with Crippen LogP contribution in [0.4, 0.5) is 0 Å². The van der Waals surface area contributed by atoms with Crippen LogP contribution in [0.5, 0.6) is 23.0 Å². The highest BCUT2D eigenvalue weighted by atomic mass is 35.5. The average molecular weight is 368 g/mol. The molecule has 0 spiro atoms. The molecule has 2 nitrogen and oxygen atoms in total. The molecule has 2 aromatic carbocycles. The van der Waals surface area contributed by atoms with Crippen molar-refractivity contribution in [3.8, 4) is 23.0 Å². The minimum absolute atomic E-state index is 0.112. The number of fused-ring (bicyclic) bond motifs is 2. The van der Waals surface area contributed by atoms with Gasteiger partial charge in [-0.15, -0.1) is 0 Å². The van der Waals surface area contributed by atoms with Gasteiger partial charge in [0, 0.05) is 11.1 Å². The Kier molecular flexibility index (Phi) is 3.40. The van der Waals surface area contributed by atoms with Crippen LogP contribution in [-0.2, 0) is 0 Å². The first-order chi connectivity index (χ1) is 8.99. The smallest absolute Gasteiger partial charge is 0.191 e. The second-order valence-electron chi connectivity index (χ2n) is 3.71. The van der Waals surface area contributed by atoms with Crippen molar-refractivity contribution in [3.63, 3.8) is 0 Å². The van der Waals surface area contributed by atoms with Crippen molar-refractivity contribution in [2.75, 3.05) is 0 Å². The number of halogens is 5. The summed E-state index contributed by atoms with van der Waals surface area (Å²) in [7, 11) is 0. The Labute approximate surface area is 133 Å². The number of rotatable bonds is 0. The normalized spacial score (nSPS) is 12.3. The molecule has 19 heavy (non-hydrogen) atoms. The topological polar surface area (TPSA) is 18.5 Å². The van der Waals surface area contributed by atoms with Crippen LogP contribution in [0, 0.1) is 0 Å². The summed E-state index contributed by atoms with van der Waals surface area (Å²) in [6.45, 7) is 0. The summed E-state index contributed by atoms with van der Waals surface area (Å²) in [6, 6.07) is 4.93. The van der Waals surface area contributed by atoms with Crippen molar-refractivity contribution in [1.29, 1.82) is 0 Å². The van der Waals surface area contributed by atoms with Crippen LogP contribution >= 0.6 is 58.0 Å². The van der Waals surface area contributed by atoms with Gasteiger partial charge in [-0.2, -0.15) is 0 Å². The van der Waals surface area contributed by atoms with E-state index < -0.39 is 0 Å². The quantitative estimate of drug-likeness (QED) is 0.319. The summed E-state index contributed by atoms with van der Waals surface area (Å²) in [5.74, 6) is 1.34. The van der Waals surface area contributed by atoms with Gasteiger partial charge >= 0.3 is 0 Å². The van der Waals surface area contributed by atoms with Gasteiger partial charge < -0.3 is 9.47 Å². The van der Waals surface area contributed by atoms with Gasteiger partial charge in [-0.05, 0) is 12.1 Å². The predicted octanol–water partition coefficient (Wildman–Crippen LogP) is 6.85. The molecule has 0 fully saturated rings. The molecule has 3 rings (SSSR count). The lowest BCUT2D eigenvalue weighted by Gasteiger charge is -2.23. The zero-order valence-corrected chi connectivity index (χ0v) is 12.7.